The van der Waals surface area contributed by atoms with Crippen molar-refractivity contribution in [1.29, 1.82) is 0 Å². The second-order valence-electron chi connectivity index (χ2n) is 8.27. The fourth-order valence-electron chi connectivity index (χ4n) is 4.46. The highest BCUT2D eigenvalue weighted by Gasteiger charge is 2.14. The molecule has 0 N–H and O–H groups in total. The minimum Gasteiger partial charge on any atom is -0.256 e. The molecule has 0 aliphatic rings. The van der Waals surface area contributed by atoms with Gasteiger partial charge in [-0.1, -0.05) is 26.0 Å². The summed E-state index contributed by atoms with van der Waals surface area (Å²) < 4.78 is 43.2. The molecule has 0 saturated carbocycles. The average Bonchev–Trinajstić information content (AvgIpc) is 3.20. The first-order chi connectivity index (χ1) is 16.0. The summed E-state index contributed by atoms with van der Waals surface area (Å²) >= 11 is 1.66. The van der Waals surface area contributed by atoms with Crippen LogP contribution in [0.3, 0.4) is 0 Å². The van der Waals surface area contributed by atoms with E-state index in [9.17, 15) is 13.2 Å². The van der Waals surface area contributed by atoms with Crippen molar-refractivity contribution in [2.45, 2.75) is 32.6 Å². The first kappa shape index (κ1) is 21.7. The number of benzene rings is 3. The molecule has 5 rings (SSSR count). The van der Waals surface area contributed by atoms with Crippen molar-refractivity contribution in [3.05, 3.63) is 89.9 Å². The van der Waals surface area contributed by atoms with Crippen LogP contribution in [0.15, 0.2) is 66.9 Å². The van der Waals surface area contributed by atoms with Gasteiger partial charge in [-0.2, -0.15) is 0 Å². The number of nitrogens with zero attached hydrogens (tertiary/aromatic N) is 1. The number of halogens is 3. The van der Waals surface area contributed by atoms with E-state index in [1.54, 1.807) is 11.3 Å². The van der Waals surface area contributed by atoms with Gasteiger partial charge in [0.1, 0.15) is 0 Å². The number of pyridine rings is 1. The van der Waals surface area contributed by atoms with E-state index in [0.29, 0.717) is 17.0 Å². The Labute approximate surface area is 194 Å². The summed E-state index contributed by atoms with van der Waals surface area (Å²) in [5, 5.41) is 2.06. The zero-order chi connectivity index (χ0) is 23.1. The van der Waals surface area contributed by atoms with E-state index in [1.807, 2.05) is 24.4 Å². The number of aromatic nitrogens is 1. The van der Waals surface area contributed by atoms with Gasteiger partial charge in [-0.15, -0.1) is 11.3 Å². The lowest BCUT2D eigenvalue weighted by Gasteiger charge is -2.13. The molecule has 0 saturated heterocycles. The third kappa shape index (κ3) is 3.91. The van der Waals surface area contributed by atoms with Crippen molar-refractivity contribution in [2.75, 3.05) is 0 Å². The molecule has 33 heavy (non-hydrogen) atoms. The van der Waals surface area contributed by atoms with Gasteiger partial charge in [0.2, 0.25) is 0 Å². The molecule has 0 aliphatic heterocycles. The highest BCUT2D eigenvalue weighted by atomic mass is 32.1. The zero-order valence-electron chi connectivity index (χ0n) is 18.3. The van der Waals surface area contributed by atoms with Crippen LogP contribution in [-0.4, -0.2) is 4.98 Å². The zero-order valence-corrected chi connectivity index (χ0v) is 19.1. The van der Waals surface area contributed by atoms with Gasteiger partial charge in [-0.25, -0.2) is 13.2 Å². The molecular formula is C28H22F3NS. The maximum absolute atomic E-state index is 13.8. The number of hydrogen-bond donors (Lipinski definition) is 0. The fraction of sp³-hybridized carbons (Fsp3) is 0.179. The van der Waals surface area contributed by atoms with E-state index in [1.165, 1.54) is 5.56 Å². The lowest BCUT2D eigenvalue weighted by atomic mass is 9.93. The molecule has 0 radical (unpaired) electrons. The topological polar surface area (TPSA) is 12.9 Å². The van der Waals surface area contributed by atoms with Crippen LogP contribution >= 0.6 is 11.3 Å². The molecule has 2 aromatic heterocycles. The Bertz CT molecular complexity index is 1460. The van der Waals surface area contributed by atoms with Crippen molar-refractivity contribution < 1.29 is 13.2 Å². The molecule has 2 heterocycles. The molecular weight excluding hydrogens is 439 g/mol. The molecule has 0 amide bonds. The van der Waals surface area contributed by atoms with E-state index in [4.69, 9.17) is 0 Å². The van der Waals surface area contributed by atoms with Gasteiger partial charge in [-0.05, 0) is 84.0 Å². The SMILES string of the molecule is CCC(CC)c1ccnc(-c2ccc3sc4ccc(-c5cc(F)c(F)c(F)c5)cc4c3c2)c1. The molecule has 0 fully saturated rings. The van der Waals surface area contributed by atoms with Gasteiger partial charge in [0, 0.05) is 31.9 Å². The molecule has 0 spiro atoms. The molecule has 0 atom stereocenters. The number of hydrogen-bond acceptors (Lipinski definition) is 2. The minimum atomic E-state index is -1.45. The number of fused-ring (bicyclic) bond motifs is 3. The smallest absolute Gasteiger partial charge is 0.194 e. The van der Waals surface area contributed by atoms with Gasteiger partial charge < -0.3 is 0 Å². The van der Waals surface area contributed by atoms with Gasteiger partial charge in [-0.3, -0.25) is 4.98 Å². The molecule has 5 aromatic rings. The summed E-state index contributed by atoms with van der Waals surface area (Å²) in [6.45, 7) is 4.41. The Kier molecular flexibility index (Phi) is 5.67. The van der Waals surface area contributed by atoms with E-state index >= 15 is 0 Å². The molecule has 0 unspecified atom stereocenters. The lowest BCUT2D eigenvalue weighted by Crippen LogP contribution is -1.96. The number of rotatable bonds is 5. The minimum absolute atomic E-state index is 0.309. The van der Waals surface area contributed by atoms with Crippen molar-refractivity contribution >= 4 is 31.5 Å². The summed E-state index contributed by atoms with van der Waals surface area (Å²) in [7, 11) is 0. The molecule has 3 aromatic carbocycles. The van der Waals surface area contributed by atoms with Gasteiger partial charge in [0.15, 0.2) is 17.5 Å². The fourth-order valence-corrected chi connectivity index (χ4v) is 5.52. The normalized spacial score (nSPS) is 11.7. The summed E-state index contributed by atoms with van der Waals surface area (Å²) in [6.07, 6.45) is 4.04. The van der Waals surface area contributed by atoms with Gasteiger partial charge in [0.25, 0.3) is 0 Å². The highest BCUT2D eigenvalue weighted by molar-refractivity contribution is 7.25. The Balaban J connectivity index is 1.63. The predicted octanol–water partition coefficient (Wildman–Crippen LogP) is 9.10. The van der Waals surface area contributed by atoms with E-state index in [2.05, 4.69) is 49.2 Å². The Morgan fingerprint density at radius 1 is 0.727 bits per heavy atom. The van der Waals surface area contributed by atoms with Crippen molar-refractivity contribution in [1.82, 2.24) is 4.98 Å². The molecule has 1 nitrogen and oxygen atoms in total. The Morgan fingerprint density at radius 3 is 1.97 bits per heavy atom. The van der Waals surface area contributed by atoms with Crippen molar-refractivity contribution in [3.8, 4) is 22.4 Å². The summed E-state index contributed by atoms with van der Waals surface area (Å²) in [6, 6.07) is 18.3. The van der Waals surface area contributed by atoms with Crippen LogP contribution in [-0.2, 0) is 0 Å². The van der Waals surface area contributed by atoms with E-state index < -0.39 is 17.5 Å². The molecule has 0 aliphatic carbocycles. The molecule has 5 heteroatoms. The van der Waals surface area contributed by atoms with Crippen molar-refractivity contribution in [2.24, 2.45) is 0 Å². The van der Waals surface area contributed by atoms with Crippen LogP contribution in [0.2, 0.25) is 0 Å². The Morgan fingerprint density at radius 2 is 1.33 bits per heavy atom. The molecule has 166 valence electrons. The maximum atomic E-state index is 13.8. The van der Waals surface area contributed by atoms with E-state index in [0.717, 1.165) is 56.4 Å². The Hall–Kier alpha value is -3.18. The summed E-state index contributed by atoms with van der Waals surface area (Å²) in [4.78, 5) is 4.61. The summed E-state index contributed by atoms with van der Waals surface area (Å²) in [5.41, 5.74) is 4.20. The monoisotopic (exact) mass is 461 g/mol. The number of thiophene rings is 1. The van der Waals surface area contributed by atoms with Crippen LogP contribution in [0.5, 0.6) is 0 Å². The standard InChI is InChI=1S/C28H22F3NS/c1-3-16(4-2)18-9-10-32-25(15-18)19-6-8-27-22(12-19)21-11-17(5-7-26(21)33-27)20-13-23(29)28(31)24(30)14-20/h5-16H,3-4H2,1-2H3. The highest BCUT2D eigenvalue weighted by Crippen LogP contribution is 2.39. The third-order valence-corrected chi connectivity index (χ3v) is 7.47. The van der Waals surface area contributed by atoms with Crippen LogP contribution in [0.25, 0.3) is 42.6 Å². The summed E-state index contributed by atoms with van der Waals surface area (Å²) in [5.74, 6) is -3.32. The maximum Gasteiger partial charge on any atom is 0.194 e. The first-order valence-corrected chi connectivity index (χ1v) is 11.9. The quantitative estimate of drug-likeness (QED) is 0.238. The van der Waals surface area contributed by atoms with E-state index in [-0.39, 0.29) is 0 Å². The lowest BCUT2D eigenvalue weighted by molar-refractivity contribution is 0.448. The van der Waals surface area contributed by atoms with Gasteiger partial charge in [0.05, 0.1) is 5.69 Å². The van der Waals surface area contributed by atoms with Crippen LogP contribution in [0.1, 0.15) is 38.2 Å². The largest absolute Gasteiger partial charge is 0.256 e. The van der Waals surface area contributed by atoms with Crippen LogP contribution in [0.4, 0.5) is 13.2 Å². The van der Waals surface area contributed by atoms with Crippen molar-refractivity contribution in [3.63, 3.8) is 0 Å². The first-order valence-electron chi connectivity index (χ1n) is 11.1. The second-order valence-corrected chi connectivity index (χ2v) is 9.35. The van der Waals surface area contributed by atoms with Gasteiger partial charge >= 0.3 is 0 Å². The average molecular weight is 462 g/mol. The molecule has 0 bridgehead atoms. The predicted molar refractivity (Wildman–Crippen MR) is 131 cm³/mol. The second kappa shape index (κ2) is 8.64. The van der Waals surface area contributed by atoms with Crippen LogP contribution < -0.4 is 0 Å². The third-order valence-electron chi connectivity index (χ3n) is 6.32. The van der Waals surface area contributed by atoms with Crippen LogP contribution in [0, 0.1) is 17.5 Å².